The topological polar surface area (TPSA) is 112 Å². The van der Waals surface area contributed by atoms with Crippen molar-refractivity contribution in [2.24, 2.45) is 5.92 Å². The summed E-state index contributed by atoms with van der Waals surface area (Å²) >= 11 is 0. The molecule has 1 aliphatic carbocycles. The maximum atomic E-state index is 12.4. The van der Waals surface area contributed by atoms with Crippen molar-refractivity contribution in [2.75, 3.05) is 5.32 Å². The number of anilines is 1. The fourth-order valence-electron chi connectivity index (χ4n) is 4.88. The third kappa shape index (κ3) is 3.83. The van der Waals surface area contributed by atoms with E-state index in [0.29, 0.717) is 11.3 Å². The van der Waals surface area contributed by atoms with E-state index in [1.165, 1.54) is 0 Å². The Hall–Kier alpha value is -4.85. The van der Waals surface area contributed by atoms with Gasteiger partial charge >= 0.3 is 0 Å². The Morgan fingerprint density at radius 3 is 2.68 bits per heavy atom. The van der Waals surface area contributed by atoms with Gasteiger partial charge in [0, 0.05) is 57.5 Å². The van der Waals surface area contributed by atoms with E-state index in [1.807, 2.05) is 30.3 Å². The summed E-state index contributed by atoms with van der Waals surface area (Å²) in [5.41, 5.74) is 7.88. The summed E-state index contributed by atoms with van der Waals surface area (Å²) in [6, 6.07) is 18.2. The van der Waals surface area contributed by atoms with Crippen LogP contribution < -0.4 is 5.32 Å². The molecule has 1 amide bonds. The Morgan fingerprint density at radius 1 is 0.919 bits per heavy atom. The highest BCUT2D eigenvalue weighted by atomic mass is 16.1. The summed E-state index contributed by atoms with van der Waals surface area (Å²) in [6.07, 6.45) is 10.1. The molecule has 0 aliphatic heterocycles. The van der Waals surface area contributed by atoms with Gasteiger partial charge in [0.15, 0.2) is 5.65 Å². The number of H-pyrrole nitrogens is 2. The van der Waals surface area contributed by atoms with Crippen LogP contribution in [0.25, 0.3) is 55.7 Å². The average molecular weight is 486 g/mol. The molecule has 0 saturated heterocycles. The SMILES string of the molecule is O=C(Nc1cncc(-c2cnc3n[nH]c(-c4cc5c(-c6ccccn6)cccc5[nH]4)c3c2)c1)C1CCC1. The number of benzene rings is 1. The Kier molecular flexibility index (Phi) is 5.02. The van der Waals surface area contributed by atoms with Crippen LogP contribution in [0.15, 0.2) is 79.4 Å². The summed E-state index contributed by atoms with van der Waals surface area (Å²) in [6.45, 7) is 0. The van der Waals surface area contributed by atoms with E-state index < -0.39 is 0 Å². The molecule has 1 fully saturated rings. The van der Waals surface area contributed by atoms with Crippen molar-refractivity contribution in [3.63, 3.8) is 0 Å². The predicted octanol–water partition coefficient (Wildman–Crippen LogP) is 5.97. The number of amides is 1. The Morgan fingerprint density at radius 2 is 1.84 bits per heavy atom. The van der Waals surface area contributed by atoms with Crippen LogP contribution in [-0.4, -0.2) is 36.0 Å². The molecule has 8 nitrogen and oxygen atoms in total. The zero-order valence-electron chi connectivity index (χ0n) is 19.9. The van der Waals surface area contributed by atoms with Gasteiger partial charge in [0.1, 0.15) is 0 Å². The van der Waals surface area contributed by atoms with Crippen LogP contribution >= 0.6 is 0 Å². The molecule has 1 aromatic carbocycles. The van der Waals surface area contributed by atoms with Crippen molar-refractivity contribution in [1.29, 1.82) is 0 Å². The van der Waals surface area contributed by atoms with E-state index in [1.54, 1.807) is 24.8 Å². The lowest BCUT2D eigenvalue weighted by molar-refractivity contribution is -0.122. The average Bonchev–Trinajstić information content (AvgIpc) is 3.52. The quantitative estimate of drug-likeness (QED) is 0.279. The molecule has 0 unspecified atom stereocenters. The molecule has 8 heteroatoms. The number of pyridine rings is 3. The molecule has 0 bridgehead atoms. The van der Waals surface area contributed by atoms with Crippen LogP contribution in [0, 0.1) is 5.92 Å². The highest BCUT2D eigenvalue weighted by Gasteiger charge is 2.25. The number of carbonyl (C=O) groups is 1. The predicted molar refractivity (Wildman–Crippen MR) is 144 cm³/mol. The molecule has 3 N–H and O–H groups in total. The van der Waals surface area contributed by atoms with Crippen LogP contribution in [0.2, 0.25) is 0 Å². The zero-order valence-corrected chi connectivity index (χ0v) is 19.9. The van der Waals surface area contributed by atoms with Crippen LogP contribution in [-0.2, 0) is 4.79 Å². The van der Waals surface area contributed by atoms with Crippen molar-refractivity contribution in [1.82, 2.24) is 30.1 Å². The summed E-state index contributed by atoms with van der Waals surface area (Å²) in [5, 5.41) is 12.6. The normalized spacial score (nSPS) is 13.6. The van der Waals surface area contributed by atoms with Crippen molar-refractivity contribution in [2.45, 2.75) is 19.3 Å². The fourth-order valence-corrected chi connectivity index (χ4v) is 4.88. The molecule has 1 aliphatic rings. The second kappa shape index (κ2) is 8.67. The second-order valence-electron chi connectivity index (χ2n) is 9.44. The lowest BCUT2D eigenvalue weighted by atomic mass is 9.85. The number of rotatable bonds is 5. The summed E-state index contributed by atoms with van der Waals surface area (Å²) in [4.78, 5) is 29.4. The summed E-state index contributed by atoms with van der Waals surface area (Å²) in [7, 11) is 0. The van der Waals surface area contributed by atoms with Crippen molar-refractivity contribution >= 4 is 33.5 Å². The minimum Gasteiger partial charge on any atom is -0.353 e. The van der Waals surface area contributed by atoms with E-state index in [0.717, 1.165) is 69.3 Å². The number of nitrogens with zero attached hydrogens (tertiary/aromatic N) is 4. The number of aromatic nitrogens is 6. The van der Waals surface area contributed by atoms with Gasteiger partial charge in [-0.2, -0.15) is 5.10 Å². The van der Waals surface area contributed by atoms with E-state index in [-0.39, 0.29) is 11.8 Å². The Labute approximate surface area is 212 Å². The molecule has 180 valence electrons. The van der Waals surface area contributed by atoms with Gasteiger partial charge in [0.2, 0.25) is 5.91 Å². The smallest absolute Gasteiger partial charge is 0.227 e. The van der Waals surface area contributed by atoms with Gasteiger partial charge in [0.05, 0.1) is 29.0 Å². The number of fused-ring (bicyclic) bond motifs is 2. The monoisotopic (exact) mass is 485 g/mol. The van der Waals surface area contributed by atoms with Crippen LogP contribution in [0.5, 0.6) is 0 Å². The van der Waals surface area contributed by atoms with Crippen LogP contribution in [0.4, 0.5) is 5.69 Å². The van der Waals surface area contributed by atoms with Gasteiger partial charge in [-0.3, -0.25) is 19.9 Å². The largest absolute Gasteiger partial charge is 0.353 e. The van der Waals surface area contributed by atoms with Gasteiger partial charge in [-0.1, -0.05) is 24.6 Å². The third-order valence-electron chi connectivity index (χ3n) is 7.10. The zero-order chi connectivity index (χ0) is 24.8. The van der Waals surface area contributed by atoms with Gasteiger partial charge in [-0.05, 0) is 49.2 Å². The number of aromatic amines is 2. The molecule has 0 spiro atoms. The first-order valence-electron chi connectivity index (χ1n) is 12.4. The number of hydrogen-bond donors (Lipinski definition) is 3. The molecule has 5 heterocycles. The Bertz CT molecular complexity index is 1770. The van der Waals surface area contributed by atoms with E-state index in [4.69, 9.17) is 0 Å². The number of hydrogen-bond acceptors (Lipinski definition) is 5. The maximum absolute atomic E-state index is 12.4. The number of nitrogens with one attached hydrogen (secondary N) is 3. The van der Waals surface area contributed by atoms with Gasteiger partial charge in [0.25, 0.3) is 0 Å². The highest BCUT2D eigenvalue weighted by Crippen LogP contribution is 2.34. The molecular weight excluding hydrogens is 462 g/mol. The highest BCUT2D eigenvalue weighted by molar-refractivity contribution is 6.01. The lowest BCUT2D eigenvalue weighted by Gasteiger charge is -2.24. The first-order valence-corrected chi connectivity index (χ1v) is 12.4. The van der Waals surface area contributed by atoms with Crippen molar-refractivity contribution < 1.29 is 4.79 Å². The van der Waals surface area contributed by atoms with E-state index >= 15 is 0 Å². The second-order valence-corrected chi connectivity index (χ2v) is 9.44. The Balaban J connectivity index is 1.26. The molecule has 0 radical (unpaired) electrons. The number of carbonyl (C=O) groups excluding carboxylic acids is 1. The standard InChI is InChI=1S/C29H23N7O/c37-29(17-5-3-6-17)33-20-11-18(14-30-16-20)19-12-23-27(35-36-28(23)32-15-19)26-13-22-21(7-4-9-25(22)34-26)24-8-1-2-10-31-24/h1-2,4,7-17,34H,3,5-6H2,(H,33,37)(H,32,35,36). The minimum absolute atomic E-state index is 0.0692. The van der Waals surface area contributed by atoms with Crippen LogP contribution in [0.3, 0.4) is 0 Å². The molecule has 1 saturated carbocycles. The van der Waals surface area contributed by atoms with Crippen molar-refractivity contribution in [3.8, 4) is 33.8 Å². The maximum Gasteiger partial charge on any atom is 0.227 e. The molecule has 7 rings (SSSR count). The molecular formula is C29H23N7O. The molecule has 5 aromatic heterocycles. The van der Waals surface area contributed by atoms with Crippen LogP contribution in [0.1, 0.15) is 19.3 Å². The van der Waals surface area contributed by atoms with E-state index in [9.17, 15) is 4.79 Å². The molecule has 0 atom stereocenters. The van der Waals surface area contributed by atoms with E-state index in [2.05, 4.69) is 59.7 Å². The summed E-state index contributed by atoms with van der Waals surface area (Å²) in [5.74, 6) is 0.185. The molecule has 37 heavy (non-hydrogen) atoms. The van der Waals surface area contributed by atoms with Crippen molar-refractivity contribution in [3.05, 3.63) is 79.4 Å². The molecule has 6 aromatic rings. The van der Waals surface area contributed by atoms with Gasteiger partial charge < -0.3 is 10.3 Å². The van der Waals surface area contributed by atoms with Gasteiger partial charge in [-0.15, -0.1) is 0 Å². The first-order chi connectivity index (χ1) is 18.2. The minimum atomic E-state index is 0.0692. The van der Waals surface area contributed by atoms with Gasteiger partial charge in [-0.25, -0.2) is 4.98 Å². The summed E-state index contributed by atoms with van der Waals surface area (Å²) < 4.78 is 0. The first kappa shape index (κ1) is 21.4. The lowest BCUT2D eigenvalue weighted by Crippen LogP contribution is -2.28. The fraction of sp³-hybridized carbons (Fsp3) is 0.138. The third-order valence-corrected chi connectivity index (χ3v) is 7.10.